The van der Waals surface area contributed by atoms with Crippen LogP contribution in [-0.4, -0.2) is 34.4 Å². The van der Waals surface area contributed by atoms with Crippen molar-refractivity contribution in [2.75, 3.05) is 13.1 Å². The third kappa shape index (κ3) is 4.96. The van der Waals surface area contributed by atoms with Gasteiger partial charge in [0.1, 0.15) is 11.5 Å². The number of halogens is 1. The molecule has 1 atom stereocenters. The summed E-state index contributed by atoms with van der Waals surface area (Å²) >= 11 is 0. The predicted molar refractivity (Wildman–Crippen MR) is 102 cm³/mol. The number of aryl methyl sites for hydroxylation is 1. The minimum atomic E-state index is -0.306. The molecule has 1 aromatic heterocycles. The Bertz CT molecular complexity index is 802. The molecule has 1 N–H and O–H groups in total. The average Bonchev–Trinajstić information content (AvgIpc) is 3.11. The van der Waals surface area contributed by atoms with E-state index in [2.05, 4.69) is 5.32 Å². The normalized spacial score (nSPS) is 17.0. The van der Waals surface area contributed by atoms with Crippen LogP contribution in [0.1, 0.15) is 41.7 Å². The van der Waals surface area contributed by atoms with Crippen LogP contribution in [0.15, 0.2) is 42.6 Å². The molecule has 144 valence electrons. The van der Waals surface area contributed by atoms with Gasteiger partial charge in [-0.25, -0.2) is 4.39 Å². The van der Waals surface area contributed by atoms with E-state index in [-0.39, 0.29) is 24.2 Å². The molecule has 5 nitrogen and oxygen atoms in total. The molecule has 0 saturated carbocycles. The summed E-state index contributed by atoms with van der Waals surface area (Å²) in [5.74, 6) is -0.0116. The number of carbonyl (C=O) groups is 2. The van der Waals surface area contributed by atoms with Crippen molar-refractivity contribution in [3.8, 4) is 0 Å². The predicted octanol–water partition coefficient (Wildman–Crippen LogP) is 3.11. The molecule has 2 amide bonds. The maximum absolute atomic E-state index is 13.6. The summed E-state index contributed by atoms with van der Waals surface area (Å²) in [6.45, 7) is 1.65. The van der Waals surface area contributed by atoms with Crippen molar-refractivity contribution in [3.05, 3.63) is 59.7 Å². The highest BCUT2D eigenvalue weighted by Crippen LogP contribution is 2.22. The number of aromatic nitrogens is 1. The molecule has 2 aromatic rings. The molecule has 1 aliphatic heterocycles. The molecular formula is C21H26FN3O2. The van der Waals surface area contributed by atoms with Gasteiger partial charge in [0, 0.05) is 44.9 Å². The van der Waals surface area contributed by atoms with Crippen LogP contribution in [0.25, 0.3) is 0 Å². The molecule has 0 radical (unpaired) electrons. The standard InChI is InChI=1S/C21H26FN3O2/c1-24-12-5-9-19(24)21(27)25-13-4-6-16(15-25)10-11-20(26)23-14-17-7-2-3-8-18(17)22/h2-3,5,7-9,12,16H,4,6,10-11,13-15H2,1H3,(H,23,26). The smallest absolute Gasteiger partial charge is 0.270 e. The summed E-state index contributed by atoms with van der Waals surface area (Å²) in [7, 11) is 1.87. The van der Waals surface area contributed by atoms with Crippen LogP contribution in [0.2, 0.25) is 0 Å². The lowest BCUT2D eigenvalue weighted by Crippen LogP contribution is -2.40. The Balaban J connectivity index is 1.45. The molecule has 0 spiro atoms. The van der Waals surface area contributed by atoms with Gasteiger partial charge in [-0.15, -0.1) is 0 Å². The van der Waals surface area contributed by atoms with Crippen LogP contribution in [-0.2, 0) is 18.4 Å². The van der Waals surface area contributed by atoms with Gasteiger partial charge in [-0.3, -0.25) is 9.59 Å². The van der Waals surface area contributed by atoms with Gasteiger partial charge in [-0.05, 0) is 43.4 Å². The number of hydrogen-bond donors (Lipinski definition) is 1. The fourth-order valence-electron chi connectivity index (χ4n) is 3.59. The molecule has 1 saturated heterocycles. The lowest BCUT2D eigenvalue weighted by molar-refractivity contribution is -0.121. The summed E-state index contributed by atoms with van der Waals surface area (Å²) in [5.41, 5.74) is 1.18. The zero-order valence-corrected chi connectivity index (χ0v) is 15.7. The zero-order chi connectivity index (χ0) is 19.2. The Kier molecular flexibility index (Phi) is 6.27. The number of rotatable bonds is 6. The summed E-state index contributed by atoms with van der Waals surface area (Å²) in [5, 5.41) is 2.78. The van der Waals surface area contributed by atoms with Gasteiger partial charge in [0.05, 0.1) is 0 Å². The SMILES string of the molecule is Cn1cccc1C(=O)N1CCCC(CCC(=O)NCc2ccccc2F)C1. The van der Waals surface area contributed by atoms with Crippen LogP contribution in [0.4, 0.5) is 4.39 Å². The number of amides is 2. The number of hydrogen-bond acceptors (Lipinski definition) is 2. The van der Waals surface area contributed by atoms with Crippen molar-refractivity contribution in [2.24, 2.45) is 13.0 Å². The fraction of sp³-hybridized carbons (Fsp3) is 0.429. The van der Waals surface area contributed by atoms with E-state index in [0.29, 0.717) is 30.1 Å². The largest absolute Gasteiger partial charge is 0.352 e. The zero-order valence-electron chi connectivity index (χ0n) is 15.7. The number of piperidine rings is 1. The van der Waals surface area contributed by atoms with Gasteiger partial charge in [-0.2, -0.15) is 0 Å². The van der Waals surface area contributed by atoms with Crippen molar-refractivity contribution in [1.82, 2.24) is 14.8 Å². The molecule has 1 aliphatic rings. The molecule has 0 aliphatic carbocycles. The number of likely N-dealkylation sites (tertiary alicyclic amines) is 1. The van der Waals surface area contributed by atoms with E-state index in [1.807, 2.05) is 34.8 Å². The number of nitrogens with one attached hydrogen (secondary N) is 1. The minimum Gasteiger partial charge on any atom is -0.352 e. The maximum atomic E-state index is 13.6. The summed E-state index contributed by atoms with van der Waals surface area (Å²) in [6.07, 6.45) is 4.98. The van der Waals surface area contributed by atoms with Gasteiger partial charge in [0.15, 0.2) is 0 Å². The van der Waals surface area contributed by atoms with Crippen molar-refractivity contribution >= 4 is 11.8 Å². The Morgan fingerprint density at radius 3 is 2.78 bits per heavy atom. The molecule has 1 aromatic carbocycles. The van der Waals surface area contributed by atoms with E-state index in [9.17, 15) is 14.0 Å². The summed E-state index contributed by atoms with van der Waals surface area (Å²) in [6, 6.07) is 10.2. The molecule has 1 fully saturated rings. The first-order valence-electron chi connectivity index (χ1n) is 9.45. The van der Waals surface area contributed by atoms with E-state index < -0.39 is 0 Å². The third-order valence-corrected chi connectivity index (χ3v) is 5.18. The molecule has 2 heterocycles. The monoisotopic (exact) mass is 371 g/mol. The minimum absolute atomic E-state index is 0.0520. The molecule has 6 heteroatoms. The second-order valence-corrected chi connectivity index (χ2v) is 7.17. The van der Waals surface area contributed by atoms with Crippen molar-refractivity contribution in [1.29, 1.82) is 0 Å². The van der Waals surface area contributed by atoms with Gasteiger partial charge in [0.2, 0.25) is 5.91 Å². The highest BCUT2D eigenvalue weighted by Gasteiger charge is 2.25. The first-order chi connectivity index (χ1) is 13.0. The average molecular weight is 371 g/mol. The van der Waals surface area contributed by atoms with E-state index in [1.165, 1.54) is 6.07 Å². The number of nitrogens with zero attached hydrogens (tertiary/aromatic N) is 2. The Labute approximate surface area is 159 Å². The van der Waals surface area contributed by atoms with Gasteiger partial charge in [-0.1, -0.05) is 18.2 Å². The van der Waals surface area contributed by atoms with Crippen LogP contribution in [0.5, 0.6) is 0 Å². The van der Waals surface area contributed by atoms with E-state index in [0.717, 1.165) is 25.8 Å². The van der Waals surface area contributed by atoms with Gasteiger partial charge < -0.3 is 14.8 Å². The molecule has 0 bridgehead atoms. The molecule has 27 heavy (non-hydrogen) atoms. The molecule has 1 unspecified atom stereocenters. The third-order valence-electron chi connectivity index (χ3n) is 5.18. The Hall–Kier alpha value is -2.63. The summed E-state index contributed by atoms with van der Waals surface area (Å²) < 4.78 is 15.4. The van der Waals surface area contributed by atoms with E-state index in [1.54, 1.807) is 18.2 Å². The van der Waals surface area contributed by atoms with Crippen molar-refractivity contribution in [2.45, 2.75) is 32.2 Å². The highest BCUT2D eigenvalue weighted by molar-refractivity contribution is 5.92. The molecular weight excluding hydrogens is 345 g/mol. The quantitative estimate of drug-likeness (QED) is 0.848. The second-order valence-electron chi connectivity index (χ2n) is 7.17. The second kappa shape index (κ2) is 8.84. The summed E-state index contributed by atoms with van der Waals surface area (Å²) in [4.78, 5) is 26.6. The lowest BCUT2D eigenvalue weighted by atomic mass is 9.93. The first-order valence-corrected chi connectivity index (χ1v) is 9.45. The van der Waals surface area contributed by atoms with Gasteiger partial charge in [0.25, 0.3) is 5.91 Å². The molecule has 3 rings (SSSR count). The fourth-order valence-corrected chi connectivity index (χ4v) is 3.59. The maximum Gasteiger partial charge on any atom is 0.270 e. The van der Waals surface area contributed by atoms with Crippen molar-refractivity contribution < 1.29 is 14.0 Å². The lowest BCUT2D eigenvalue weighted by Gasteiger charge is -2.32. The highest BCUT2D eigenvalue weighted by atomic mass is 19.1. The van der Waals surface area contributed by atoms with Crippen LogP contribution in [0, 0.1) is 11.7 Å². The van der Waals surface area contributed by atoms with Crippen LogP contribution < -0.4 is 5.32 Å². The van der Waals surface area contributed by atoms with Crippen molar-refractivity contribution in [3.63, 3.8) is 0 Å². The van der Waals surface area contributed by atoms with E-state index >= 15 is 0 Å². The van der Waals surface area contributed by atoms with Crippen LogP contribution in [0.3, 0.4) is 0 Å². The Morgan fingerprint density at radius 2 is 2.04 bits per heavy atom. The number of benzene rings is 1. The van der Waals surface area contributed by atoms with E-state index in [4.69, 9.17) is 0 Å². The number of carbonyl (C=O) groups excluding carboxylic acids is 2. The first kappa shape index (κ1) is 19.1. The van der Waals surface area contributed by atoms with Gasteiger partial charge >= 0.3 is 0 Å². The topological polar surface area (TPSA) is 54.3 Å². The van der Waals surface area contributed by atoms with Crippen LogP contribution >= 0.6 is 0 Å². The Morgan fingerprint density at radius 1 is 1.22 bits per heavy atom.